The Morgan fingerprint density at radius 3 is 2.81 bits per heavy atom. The molecule has 0 saturated heterocycles. The summed E-state index contributed by atoms with van der Waals surface area (Å²) >= 11 is 0. The molecule has 5 N–H and O–H groups in total. The second-order valence-electron chi connectivity index (χ2n) is 4.49. The summed E-state index contributed by atoms with van der Waals surface area (Å²) in [5.41, 5.74) is 6.63. The summed E-state index contributed by atoms with van der Waals surface area (Å²) < 4.78 is 17.4. The van der Waals surface area contributed by atoms with Gasteiger partial charge in [0.15, 0.2) is 11.5 Å². The lowest BCUT2D eigenvalue weighted by Crippen LogP contribution is -2.24. The summed E-state index contributed by atoms with van der Waals surface area (Å²) in [4.78, 5) is 29.8. The van der Waals surface area contributed by atoms with Crippen molar-refractivity contribution >= 4 is 24.6 Å². The Kier molecular flexibility index (Phi) is 4.55. The van der Waals surface area contributed by atoms with E-state index in [2.05, 4.69) is 15.0 Å². The number of aryl methyl sites for hydroxylation is 1. The summed E-state index contributed by atoms with van der Waals surface area (Å²) in [6.45, 7) is 1.41. The number of aromatic nitrogens is 4. The van der Waals surface area contributed by atoms with Crippen LogP contribution in [0.25, 0.3) is 11.2 Å². The van der Waals surface area contributed by atoms with Gasteiger partial charge < -0.3 is 29.9 Å². The van der Waals surface area contributed by atoms with Crippen LogP contribution >= 0.6 is 7.60 Å². The molecule has 0 unspecified atom stereocenters. The van der Waals surface area contributed by atoms with E-state index in [9.17, 15) is 9.67 Å². The second kappa shape index (κ2) is 6.04. The van der Waals surface area contributed by atoms with Crippen LogP contribution < -0.4 is 5.73 Å². The first-order chi connectivity index (χ1) is 9.80. The van der Waals surface area contributed by atoms with Gasteiger partial charge in [-0.1, -0.05) is 0 Å². The number of ether oxygens (including phenoxy) is 1. The maximum absolute atomic E-state index is 10.8. The van der Waals surface area contributed by atoms with Gasteiger partial charge in [-0.25, -0.2) is 15.0 Å². The third-order valence-corrected chi connectivity index (χ3v) is 3.17. The summed E-state index contributed by atoms with van der Waals surface area (Å²) in [6.07, 6.45) is -0.105. The molecule has 1 atom stereocenters. The number of aliphatic hydroxyl groups is 1. The fourth-order valence-corrected chi connectivity index (χ4v) is 2.20. The highest BCUT2D eigenvalue weighted by Gasteiger charge is 2.19. The zero-order valence-corrected chi connectivity index (χ0v) is 12.1. The molecular weight excluding hydrogens is 301 g/mol. The smallest absolute Gasteiger partial charge is 0.350 e. The molecule has 2 aromatic rings. The molecule has 0 spiro atoms. The first kappa shape index (κ1) is 15.8. The molecule has 0 aliphatic rings. The van der Waals surface area contributed by atoms with E-state index in [-0.39, 0.29) is 12.4 Å². The Labute approximate surface area is 119 Å². The highest BCUT2D eigenvalue weighted by atomic mass is 31.2. The minimum Gasteiger partial charge on any atom is -0.394 e. The summed E-state index contributed by atoms with van der Waals surface area (Å²) in [7, 11) is -4.29. The van der Waals surface area contributed by atoms with E-state index in [0.29, 0.717) is 17.0 Å². The van der Waals surface area contributed by atoms with Crippen LogP contribution in [0.15, 0.2) is 6.33 Å². The number of imidazole rings is 1. The Hall–Kier alpha value is -1.58. The second-order valence-corrected chi connectivity index (χ2v) is 6.08. The maximum Gasteiger partial charge on any atom is 0.350 e. The van der Waals surface area contributed by atoms with E-state index in [0.717, 1.165) is 0 Å². The monoisotopic (exact) mass is 317 g/mol. The highest BCUT2D eigenvalue weighted by molar-refractivity contribution is 7.51. The summed E-state index contributed by atoms with van der Waals surface area (Å²) in [5.74, 6) is 0.714. The van der Waals surface area contributed by atoms with Crippen LogP contribution in [0.2, 0.25) is 0 Å². The molecule has 11 heteroatoms. The fraction of sp³-hybridized carbons (Fsp3) is 0.500. The fourth-order valence-electron chi connectivity index (χ4n) is 1.80. The van der Waals surface area contributed by atoms with Crippen molar-refractivity contribution in [3.63, 3.8) is 0 Å². The van der Waals surface area contributed by atoms with Crippen LogP contribution in [0.3, 0.4) is 0 Å². The lowest BCUT2D eigenvalue weighted by atomic mass is 10.3. The zero-order valence-electron chi connectivity index (χ0n) is 11.2. The van der Waals surface area contributed by atoms with E-state index >= 15 is 0 Å². The summed E-state index contributed by atoms with van der Waals surface area (Å²) in [6, 6.07) is 0. The van der Waals surface area contributed by atoms with E-state index in [1.807, 2.05) is 0 Å². The van der Waals surface area contributed by atoms with E-state index in [1.54, 1.807) is 11.5 Å². The first-order valence-corrected chi connectivity index (χ1v) is 7.82. The molecule has 10 nitrogen and oxygen atoms in total. The van der Waals surface area contributed by atoms with Gasteiger partial charge in [0.25, 0.3) is 0 Å². The Morgan fingerprint density at radius 2 is 2.19 bits per heavy atom. The van der Waals surface area contributed by atoms with Crippen molar-refractivity contribution in [3.8, 4) is 0 Å². The van der Waals surface area contributed by atoms with Crippen molar-refractivity contribution < 1.29 is 24.2 Å². The van der Waals surface area contributed by atoms with Crippen LogP contribution in [0.5, 0.6) is 0 Å². The highest BCUT2D eigenvalue weighted by Crippen LogP contribution is 2.34. The standard InChI is InChI=1S/C10H16N5O5P/c1-6-13-9(11)8-10(14-6)15(4-12-8)2-7(3-16)20-5-21(17,18)19/h4,7,16H,2-3,5H2,1H3,(H2,11,13,14)(H2,17,18,19)/t7-/m0/s1. The molecule has 116 valence electrons. The minimum atomic E-state index is -4.29. The van der Waals surface area contributed by atoms with Crippen molar-refractivity contribution in [1.82, 2.24) is 19.5 Å². The molecule has 0 aliphatic carbocycles. The normalized spacial score (nSPS) is 13.7. The van der Waals surface area contributed by atoms with Gasteiger partial charge in [-0.3, -0.25) is 4.57 Å². The topological polar surface area (TPSA) is 157 Å². The number of nitrogens with zero attached hydrogens (tertiary/aromatic N) is 4. The van der Waals surface area contributed by atoms with E-state index in [4.69, 9.17) is 20.3 Å². The maximum atomic E-state index is 10.8. The van der Waals surface area contributed by atoms with Crippen LogP contribution in [-0.4, -0.2) is 53.5 Å². The van der Waals surface area contributed by atoms with Crippen molar-refractivity contribution in [2.45, 2.75) is 19.6 Å². The lowest BCUT2D eigenvalue weighted by Gasteiger charge is -2.16. The number of fused-ring (bicyclic) bond motifs is 1. The molecular formula is C10H16N5O5P. The largest absolute Gasteiger partial charge is 0.394 e. The number of rotatable bonds is 6. The molecule has 21 heavy (non-hydrogen) atoms. The Balaban J connectivity index is 2.20. The summed E-state index contributed by atoms with van der Waals surface area (Å²) in [5, 5.41) is 9.23. The average Bonchev–Trinajstić information content (AvgIpc) is 2.76. The Morgan fingerprint density at radius 1 is 1.48 bits per heavy atom. The van der Waals surface area contributed by atoms with Gasteiger partial charge in [-0.05, 0) is 6.92 Å². The number of anilines is 1. The van der Waals surface area contributed by atoms with Gasteiger partial charge in [0, 0.05) is 0 Å². The number of nitrogens with two attached hydrogens (primary N) is 1. The molecule has 0 aliphatic heterocycles. The van der Waals surface area contributed by atoms with Crippen molar-refractivity contribution in [2.24, 2.45) is 0 Å². The van der Waals surface area contributed by atoms with Crippen molar-refractivity contribution in [3.05, 3.63) is 12.2 Å². The Bertz CT molecular complexity index is 684. The van der Waals surface area contributed by atoms with Gasteiger partial charge in [0.2, 0.25) is 0 Å². The van der Waals surface area contributed by atoms with E-state index in [1.165, 1.54) is 6.33 Å². The molecule has 2 rings (SSSR count). The van der Waals surface area contributed by atoms with Crippen LogP contribution in [-0.2, 0) is 15.8 Å². The quantitative estimate of drug-likeness (QED) is 0.502. The number of aliphatic hydroxyl groups excluding tert-OH is 1. The molecule has 0 bridgehead atoms. The number of nitrogen functional groups attached to an aromatic ring is 1. The third kappa shape index (κ3) is 3.96. The minimum absolute atomic E-state index is 0.128. The predicted octanol–water partition coefficient (Wildman–Crippen LogP) is -0.770. The third-order valence-electron chi connectivity index (χ3n) is 2.69. The molecule has 0 aromatic carbocycles. The number of hydrogen-bond donors (Lipinski definition) is 4. The molecule has 0 saturated carbocycles. The molecule has 0 radical (unpaired) electrons. The lowest BCUT2D eigenvalue weighted by molar-refractivity contribution is 0.0202. The van der Waals surface area contributed by atoms with Gasteiger partial charge in [0.1, 0.15) is 17.7 Å². The predicted molar refractivity (Wildman–Crippen MR) is 73.3 cm³/mol. The van der Waals surface area contributed by atoms with Crippen LogP contribution in [0.4, 0.5) is 5.82 Å². The molecule has 2 aromatic heterocycles. The van der Waals surface area contributed by atoms with Gasteiger partial charge in [0.05, 0.1) is 25.6 Å². The number of hydrogen-bond acceptors (Lipinski definition) is 7. The van der Waals surface area contributed by atoms with E-state index < -0.39 is 26.7 Å². The van der Waals surface area contributed by atoms with Gasteiger partial charge >= 0.3 is 7.60 Å². The zero-order chi connectivity index (χ0) is 15.6. The van der Waals surface area contributed by atoms with Gasteiger partial charge in [-0.2, -0.15) is 0 Å². The van der Waals surface area contributed by atoms with Crippen molar-refractivity contribution in [2.75, 3.05) is 18.7 Å². The first-order valence-electron chi connectivity index (χ1n) is 6.02. The van der Waals surface area contributed by atoms with Crippen LogP contribution in [0.1, 0.15) is 5.82 Å². The SMILES string of the molecule is Cc1nc(N)c2ncn(C[C@@H](CO)OCP(=O)(O)O)c2n1. The molecule has 0 amide bonds. The van der Waals surface area contributed by atoms with Crippen LogP contribution in [0, 0.1) is 6.92 Å². The van der Waals surface area contributed by atoms with Crippen molar-refractivity contribution in [1.29, 1.82) is 0 Å². The van der Waals surface area contributed by atoms with Gasteiger partial charge in [-0.15, -0.1) is 0 Å². The molecule has 0 fully saturated rings. The molecule has 2 heterocycles. The average molecular weight is 317 g/mol.